The van der Waals surface area contributed by atoms with E-state index in [1.807, 2.05) is 0 Å². The van der Waals surface area contributed by atoms with Crippen LogP contribution >= 0.6 is 0 Å². The standard InChI is InChI=1S/C18H16N2O5/c1-2-25-18(22)16(17(21)13-7-4-3-5-8-13)12-19-14-9-6-10-15(11-14)20(23)24/h3-12,21H,2H2,1H3/b17-16+,19-12?. The van der Waals surface area contributed by atoms with Gasteiger partial charge in [0.15, 0.2) is 0 Å². The van der Waals surface area contributed by atoms with Crippen LogP contribution in [0.2, 0.25) is 0 Å². The summed E-state index contributed by atoms with van der Waals surface area (Å²) in [6.45, 7) is 1.78. The van der Waals surface area contributed by atoms with Crippen molar-refractivity contribution in [3.8, 4) is 0 Å². The summed E-state index contributed by atoms with van der Waals surface area (Å²) < 4.78 is 4.94. The molecule has 2 aromatic carbocycles. The van der Waals surface area contributed by atoms with Crippen LogP contribution in [-0.4, -0.2) is 28.8 Å². The summed E-state index contributed by atoms with van der Waals surface area (Å²) in [7, 11) is 0. The molecule has 0 unspecified atom stereocenters. The number of aliphatic hydroxyl groups excluding tert-OH is 1. The minimum absolute atomic E-state index is 0.122. The molecule has 1 N–H and O–H groups in total. The summed E-state index contributed by atoms with van der Waals surface area (Å²) in [5, 5.41) is 21.2. The summed E-state index contributed by atoms with van der Waals surface area (Å²) in [4.78, 5) is 26.4. The van der Waals surface area contributed by atoms with Gasteiger partial charge in [-0.1, -0.05) is 36.4 Å². The van der Waals surface area contributed by atoms with E-state index in [-0.39, 0.29) is 29.3 Å². The van der Waals surface area contributed by atoms with Crippen LogP contribution in [0.1, 0.15) is 12.5 Å². The smallest absolute Gasteiger partial charge is 0.343 e. The van der Waals surface area contributed by atoms with Crippen molar-refractivity contribution >= 4 is 29.3 Å². The summed E-state index contributed by atoms with van der Waals surface area (Å²) in [5.41, 5.74) is 0.441. The molecule has 0 aromatic heterocycles. The molecule has 0 aliphatic heterocycles. The number of carbonyl (C=O) groups excluding carboxylic acids is 1. The molecule has 0 heterocycles. The lowest BCUT2D eigenvalue weighted by Gasteiger charge is -2.06. The minimum Gasteiger partial charge on any atom is -0.506 e. The zero-order chi connectivity index (χ0) is 18.2. The average Bonchev–Trinajstić information content (AvgIpc) is 2.63. The van der Waals surface area contributed by atoms with Crippen LogP contribution < -0.4 is 0 Å². The van der Waals surface area contributed by atoms with Gasteiger partial charge in [-0.25, -0.2) is 4.79 Å². The van der Waals surface area contributed by atoms with Gasteiger partial charge in [0.25, 0.3) is 5.69 Å². The Bertz CT molecular complexity index is 828. The lowest BCUT2D eigenvalue weighted by Crippen LogP contribution is -2.11. The number of ether oxygens (including phenoxy) is 1. The van der Waals surface area contributed by atoms with Crippen molar-refractivity contribution in [2.45, 2.75) is 6.92 Å². The lowest BCUT2D eigenvalue weighted by molar-refractivity contribution is -0.384. The zero-order valence-electron chi connectivity index (χ0n) is 13.5. The summed E-state index contributed by atoms with van der Waals surface area (Å²) >= 11 is 0. The molecule has 128 valence electrons. The van der Waals surface area contributed by atoms with E-state index in [2.05, 4.69) is 4.99 Å². The van der Waals surface area contributed by atoms with Crippen molar-refractivity contribution in [3.05, 3.63) is 75.8 Å². The largest absolute Gasteiger partial charge is 0.506 e. The Balaban J connectivity index is 2.42. The molecule has 25 heavy (non-hydrogen) atoms. The predicted molar refractivity (Wildman–Crippen MR) is 93.9 cm³/mol. The van der Waals surface area contributed by atoms with Gasteiger partial charge in [0.05, 0.1) is 17.2 Å². The Morgan fingerprint density at radius 3 is 2.60 bits per heavy atom. The maximum Gasteiger partial charge on any atom is 0.343 e. The van der Waals surface area contributed by atoms with Crippen LogP contribution in [0, 0.1) is 10.1 Å². The third-order valence-corrected chi connectivity index (χ3v) is 3.18. The quantitative estimate of drug-likeness (QED) is 0.215. The molecule has 0 aliphatic rings. The summed E-state index contributed by atoms with van der Waals surface area (Å²) in [6.07, 6.45) is 1.14. The van der Waals surface area contributed by atoms with Gasteiger partial charge in [-0.2, -0.15) is 0 Å². The van der Waals surface area contributed by atoms with Crippen molar-refractivity contribution in [1.82, 2.24) is 0 Å². The Morgan fingerprint density at radius 2 is 1.96 bits per heavy atom. The fourth-order valence-electron chi connectivity index (χ4n) is 2.00. The van der Waals surface area contributed by atoms with E-state index < -0.39 is 10.9 Å². The van der Waals surface area contributed by atoms with E-state index in [4.69, 9.17) is 4.74 Å². The Labute approximate surface area is 144 Å². The number of hydrogen-bond donors (Lipinski definition) is 1. The first-order chi connectivity index (χ1) is 12.0. The second-order valence-electron chi connectivity index (χ2n) is 4.88. The number of nitro benzene ring substituents is 1. The topological polar surface area (TPSA) is 102 Å². The maximum absolute atomic E-state index is 12.1. The highest BCUT2D eigenvalue weighted by Crippen LogP contribution is 2.21. The number of rotatable bonds is 6. The molecule has 0 saturated heterocycles. The SMILES string of the molecule is CCOC(=O)/C(C=Nc1cccc([N+](=O)[O-])c1)=C(/O)c1ccccc1. The van der Waals surface area contributed by atoms with Gasteiger partial charge in [-0.15, -0.1) is 0 Å². The highest BCUT2D eigenvalue weighted by Gasteiger charge is 2.16. The van der Waals surface area contributed by atoms with Crippen molar-refractivity contribution in [2.24, 2.45) is 4.99 Å². The van der Waals surface area contributed by atoms with Gasteiger partial charge < -0.3 is 9.84 Å². The van der Waals surface area contributed by atoms with Crippen molar-refractivity contribution in [1.29, 1.82) is 0 Å². The van der Waals surface area contributed by atoms with Crippen LogP contribution in [0.25, 0.3) is 5.76 Å². The highest BCUT2D eigenvalue weighted by atomic mass is 16.6. The second-order valence-corrected chi connectivity index (χ2v) is 4.88. The fourth-order valence-corrected chi connectivity index (χ4v) is 2.00. The molecule has 0 bridgehead atoms. The van der Waals surface area contributed by atoms with E-state index in [0.717, 1.165) is 6.21 Å². The zero-order valence-corrected chi connectivity index (χ0v) is 13.5. The van der Waals surface area contributed by atoms with Gasteiger partial charge >= 0.3 is 5.97 Å². The number of hydrogen-bond acceptors (Lipinski definition) is 6. The second kappa shape index (κ2) is 8.39. The molecule has 0 amide bonds. The van der Waals surface area contributed by atoms with Gasteiger partial charge in [0, 0.05) is 23.9 Å². The third kappa shape index (κ3) is 4.74. The Hall–Kier alpha value is -3.48. The van der Waals surface area contributed by atoms with Crippen LogP contribution in [0.4, 0.5) is 11.4 Å². The van der Waals surface area contributed by atoms with E-state index in [1.54, 1.807) is 43.3 Å². The number of non-ortho nitro benzene ring substituents is 1. The van der Waals surface area contributed by atoms with Gasteiger partial charge in [0.1, 0.15) is 11.3 Å². The highest BCUT2D eigenvalue weighted by molar-refractivity contribution is 6.15. The molecule has 0 fully saturated rings. The van der Waals surface area contributed by atoms with Crippen LogP contribution in [0.15, 0.2) is 65.2 Å². The maximum atomic E-state index is 12.1. The summed E-state index contributed by atoms with van der Waals surface area (Å²) in [6, 6.07) is 14.1. The average molecular weight is 340 g/mol. The van der Waals surface area contributed by atoms with Crippen molar-refractivity contribution in [3.63, 3.8) is 0 Å². The van der Waals surface area contributed by atoms with E-state index in [1.165, 1.54) is 18.2 Å². The first kappa shape index (κ1) is 17.9. The first-order valence-electron chi connectivity index (χ1n) is 7.47. The van der Waals surface area contributed by atoms with Gasteiger partial charge in [-0.3, -0.25) is 15.1 Å². The monoisotopic (exact) mass is 340 g/mol. The van der Waals surface area contributed by atoms with Crippen molar-refractivity contribution < 1.29 is 19.6 Å². The molecular formula is C18H16N2O5. The van der Waals surface area contributed by atoms with Crippen molar-refractivity contribution in [2.75, 3.05) is 6.61 Å². The number of aliphatic imine (C=N–C) groups is 1. The van der Waals surface area contributed by atoms with E-state index in [0.29, 0.717) is 5.56 Å². The fraction of sp³-hybridized carbons (Fsp3) is 0.111. The van der Waals surface area contributed by atoms with Gasteiger partial charge in [0.2, 0.25) is 0 Å². The molecule has 0 spiro atoms. The Morgan fingerprint density at radius 1 is 1.24 bits per heavy atom. The number of esters is 1. The molecule has 0 saturated carbocycles. The minimum atomic E-state index is -0.738. The molecule has 2 aromatic rings. The first-order valence-corrected chi connectivity index (χ1v) is 7.47. The lowest BCUT2D eigenvalue weighted by atomic mass is 10.1. The molecular weight excluding hydrogens is 324 g/mol. The predicted octanol–water partition coefficient (Wildman–Crippen LogP) is 3.83. The van der Waals surface area contributed by atoms with E-state index in [9.17, 15) is 20.0 Å². The number of nitro groups is 1. The van der Waals surface area contributed by atoms with Crippen LogP contribution in [-0.2, 0) is 9.53 Å². The van der Waals surface area contributed by atoms with Gasteiger partial charge in [-0.05, 0) is 13.0 Å². The number of aliphatic hydroxyl groups is 1. The molecule has 7 nitrogen and oxygen atoms in total. The number of carbonyl (C=O) groups is 1. The number of benzene rings is 2. The molecule has 7 heteroatoms. The summed E-state index contributed by atoms with van der Waals surface area (Å²) in [5.74, 6) is -1.02. The molecule has 0 aliphatic carbocycles. The van der Waals surface area contributed by atoms with Crippen LogP contribution in [0.3, 0.4) is 0 Å². The molecule has 2 rings (SSSR count). The van der Waals surface area contributed by atoms with E-state index >= 15 is 0 Å². The number of nitrogens with zero attached hydrogens (tertiary/aromatic N) is 2. The molecule has 0 radical (unpaired) electrons. The Kier molecular flexibility index (Phi) is 6.00. The normalized spacial score (nSPS) is 11.9. The van der Waals surface area contributed by atoms with Crippen LogP contribution in [0.5, 0.6) is 0 Å². The molecule has 0 atom stereocenters. The third-order valence-electron chi connectivity index (χ3n) is 3.18.